The van der Waals surface area contributed by atoms with E-state index in [-0.39, 0.29) is 5.75 Å². The molecule has 0 spiro atoms. The van der Waals surface area contributed by atoms with Gasteiger partial charge in [0.25, 0.3) is 0 Å². The van der Waals surface area contributed by atoms with Gasteiger partial charge in [-0.2, -0.15) is 8.78 Å². The summed E-state index contributed by atoms with van der Waals surface area (Å²) in [4.78, 5) is 0. The highest BCUT2D eigenvalue weighted by Gasteiger charge is 2.38. The number of aliphatic hydroxyl groups excluding tert-OH is 1. The van der Waals surface area contributed by atoms with Gasteiger partial charge in [0.15, 0.2) is 6.10 Å². The summed E-state index contributed by atoms with van der Waals surface area (Å²) in [6, 6.07) is 2.91. The van der Waals surface area contributed by atoms with Crippen molar-refractivity contribution in [2.24, 2.45) is 0 Å². The van der Waals surface area contributed by atoms with E-state index in [0.717, 1.165) is 18.2 Å². The molecular formula is C9H8ClF3O2. The van der Waals surface area contributed by atoms with Crippen LogP contribution in [0.2, 0.25) is 0 Å². The molecule has 1 atom stereocenters. The molecule has 0 aliphatic heterocycles. The molecule has 0 saturated heterocycles. The maximum Gasteiger partial charge on any atom is 0.351 e. The average Bonchev–Trinajstić information content (AvgIpc) is 2.15. The first kappa shape index (κ1) is 12.1. The Morgan fingerprint density at radius 1 is 1.47 bits per heavy atom. The highest BCUT2D eigenvalue weighted by molar-refractivity contribution is 6.22. The Hall–Kier alpha value is -0.940. The maximum absolute atomic E-state index is 12.8. The molecule has 0 aromatic heterocycles. The number of methoxy groups -OCH3 is 1. The van der Waals surface area contributed by atoms with Crippen molar-refractivity contribution in [3.63, 3.8) is 0 Å². The van der Waals surface area contributed by atoms with E-state index in [0.29, 0.717) is 0 Å². The highest BCUT2D eigenvalue weighted by atomic mass is 35.5. The Labute approximate surface area is 89.2 Å². The molecule has 1 rings (SSSR count). The van der Waals surface area contributed by atoms with E-state index in [1.807, 2.05) is 0 Å². The molecule has 1 unspecified atom stereocenters. The summed E-state index contributed by atoms with van der Waals surface area (Å²) in [6.45, 7) is 0. The molecule has 1 aromatic rings. The van der Waals surface area contributed by atoms with Gasteiger partial charge in [0.1, 0.15) is 11.6 Å². The second-order valence-corrected chi connectivity index (χ2v) is 3.33. The molecule has 0 aliphatic carbocycles. The smallest absolute Gasteiger partial charge is 0.351 e. The van der Waals surface area contributed by atoms with Gasteiger partial charge in [0.05, 0.1) is 7.11 Å². The summed E-state index contributed by atoms with van der Waals surface area (Å²) in [5.74, 6) is -0.810. The first-order valence-electron chi connectivity index (χ1n) is 3.94. The lowest BCUT2D eigenvalue weighted by Gasteiger charge is -2.18. The van der Waals surface area contributed by atoms with Gasteiger partial charge in [-0.05, 0) is 29.8 Å². The zero-order valence-corrected chi connectivity index (χ0v) is 8.43. The Kier molecular flexibility index (Phi) is 3.46. The average molecular weight is 241 g/mol. The largest absolute Gasteiger partial charge is 0.496 e. The van der Waals surface area contributed by atoms with Gasteiger partial charge in [0.2, 0.25) is 0 Å². The number of rotatable bonds is 3. The van der Waals surface area contributed by atoms with E-state index in [9.17, 15) is 13.2 Å². The Morgan fingerprint density at radius 2 is 2.07 bits per heavy atom. The lowest BCUT2D eigenvalue weighted by molar-refractivity contribution is -0.0435. The lowest BCUT2D eigenvalue weighted by Crippen LogP contribution is -2.19. The fraction of sp³-hybridized carbons (Fsp3) is 0.333. The SMILES string of the molecule is COc1ccc(F)cc1C(O)C(F)(F)Cl. The minimum atomic E-state index is -3.87. The van der Waals surface area contributed by atoms with Crippen molar-refractivity contribution < 1.29 is 23.0 Å². The van der Waals surface area contributed by atoms with Crippen molar-refractivity contribution in [2.45, 2.75) is 11.5 Å². The minimum Gasteiger partial charge on any atom is -0.496 e. The van der Waals surface area contributed by atoms with Crippen molar-refractivity contribution in [1.82, 2.24) is 0 Å². The van der Waals surface area contributed by atoms with Crippen LogP contribution in [0.25, 0.3) is 0 Å². The van der Waals surface area contributed by atoms with Crippen LogP contribution in [0.5, 0.6) is 5.75 Å². The third-order valence-electron chi connectivity index (χ3n) is 1.80. The number of halogens is 4. The molecule has 0 heterocycles. The van der Waals surface area contributed by atoms with Gasteiger partial charge in [-0.3, -0.25) is 0 Å². The highest BCUT2D eigenvalue weighted by Crippen LogP contribution is 2.38. The van der Waals surface area contributed by atoms with E-state index in [1.165, 1.54) is 7.11 Å². The van der Waals surface area contributed by atoms with Gasteiger partial charge in [-0.25, -0.2) is 4.39 Å². The summed E-state index contributed by atoms with van der Waals surface area (Å²) in [5, 5.41) is 5.29. The molecular weight excluding hydrogens is 233 g/mol. The van der Waals surface area contributed by atoms with Crippen LogP contribution in [0.3, 0.4) is 0 Å². The van der Waals surface area contributed by atoms with Crippen molar-refractivity contribution >= 4 is 11.6 Å². The zero-order valence-electron chi connectivity index (χ0n) is 7.68. The molecule has 15 heavy (non-hydrogen) atoms. The monoisotopic (exact) mass is 240 g/mol. The van der Waals surface area contributed by atoms with E-state index in [4.69, 9.17) is 9.84 Å². The Balaban J connectivity index is 3.17. The van der Waals surface area contributed by atoms with Gasteiger partial charge in [-0.15, -0.1) is 0 Å². The predicted molar refractivity (Wildman–Crippen MR) is 48.7 cm³/mol. The Morgan fingerprint density at radius 3 is 2.53 bits per heavy atom. The van der Waals surface area contributed by atoms with Crippen molar-refractivity contribution in [1.29, 1.82) is 0 Å². The number of hydrogen-bond donors (Lipinski definition) is 1. The molecule has 1 aromatic carbocycles. The van der Waals surface area contributed by atoms with Crippen LogP contribution in [0.15, 0.2) is 18.2 Å². The molecule has 0 radical (unpaired) electrons. The zero-order chi connectivity index (χ0) is 11.6. The number of benzene rings is 1. The normalized spacial score (nSPS) is 13.7. The number of alkyl halides is 3. The summed E-state index contributed by atoms with van der Waals surface area (Å²) in [5.41, 5.74) is -0.391. The van der Waals surface area contributed by atoms with Crippen LogP contribution in [0, 0.1) is 5.82 Å². The van der Waals surface area contributed by atoms with E-state index < -0.39 is 22.9 Å². The van der Waals surface area contributed by atoms with E-state index >= 15 is 0 Å². The first-order valence-corrected chi connectivity index (χ1v) is 4.32. The second-order valence-electron chi connectivity index (χ2n) is 2.83. The maximum atomic E-state index is 12.8. The third kappa shape index (κ3) is 2.76. The van der Waals surface area contributed by atoms with Gasteiger partial charge < -0.3 is 9.84 Å². The van der Waals surface area contributed by atoms with Crippen LogP contribution < -0.4 is 4.74 Å². The number of ether oxygens (including phenoxy) is 1. The molecule has 84 valence electrons. The number of aliphatic hydroxyl groups is 1. The van der Waals surface area contributed by atoms with Crippen LogP contribution in [-0.4, -0.2) is 17.6 Å². The predicted octanol–water partition coefficient (Wildman–Crippen LogP) is 2.70. The summed E-state index contributed by atoms with van der Waals surface area (Å²) in [6.07, 6.45) is -2.31. The van der Waals surface area contributed by atoms with Gasteiger partial charge in [-0.1, -0.05) is 0 Å². The molecule has 0 bridgehead atoms. The minimum absolute atomic E-state index is 0.0516. The summed E-state index contributed by atoms with van der Waals surface area (Å²) < 4.78 is 42.6. The van der Waals surface area contributed by atoms with Crippen molar-refractivity contribution in [3.05, 3.63) is 29.6 Å². The quantitative estimate of drug-likeness (QED) is 0.823. The Bertz CT molecular complexity index is 352. The van der Waals surface area contributed by atoms with Crippen molar-refractivity contribution in [3.8, 4) is 5.75 Å². The van der Waals surface area contributed by atoms with E-state index in [2.05, 4.69) is 11.6 Å². The molecule has 1 N–H and O–H groups in total. The lowest BCUT2D eigenvalue weighted by atomic mass is 10.1. The topological polar surface area (TPSA) is 29.5 Å². The molecule has 6 heteroatoms. The van der Waals surface area contributed by atoms with Crippen LogP contribution >= 0.6 is 11.6 Å². The van der Waals surface area contributed by atoms with Crippen LogP contribution in [-0.2, 0) is 0 Å². The molecule has 0 fully saturated rings. The fourth-order valence-corrected chi connectivity index (χ4v) is 1.21. The van der Waals surface area contributed by atoms with Crippen LogP contribution in [0.1, 0.15) is 11.7 Å². The van der Waals surface area contributed by atoms with Crippen molar-refractivity contribution in [2.75, 3.05) is 7.11 Å². The molecule has 0 amide bonds. The third-order valence-corrected chi connectivity index (χ3v) is 2.00. The van der Waals surface area contributed by atoms with E-state index in [1.54, 1.807) is 0 Å². The molecule has 0 aliphatic rings. The summed E-state index contributed by atoms with van der Waals surface area (Å²) >= 11 is 4.64. The molecule has 2 nitrogen and oxygen atoms in total. The van der Waals surface area contributed by atoms with Gasteiger partial charge >= 0.3 is 5.38 Å². The number of hydrogen-bond acceptors (Lipinski definition) is 2. The second kappa shape index (κ2) is 4.28. The summed E-state index contributed by atoms with van der Waals surface area (Å²) in [7, 11) is 1.22. The fourth-order valence-electron chi connectivity index (χ4n) is 1.10. The van der Waals surface area contributed by atoms with Crippen LogP contribution in [0.4, 0.5) is 13.2 Å². The standard InChI is InChI=1S/C9H8ClF3O2/c1-15-7-3-2-5(11)4-6(7)8(14)9(10,12)13/h2-4,8,14H,1H3. The van der Waals surface area contributed by atoms with Gasteiger partial charge in [0, 0.05) is 5.56 Å². The molecule has 0 saturated carbocycles. The first-order chi connectivity index (χ1) is 6.86.